The van der Waals surface area contributed by atoms with E-state index in [-0.39, 0.29) is 17.6 Å². The highest BCUT2D eigenvalue weighted by atomic mass is 35.5. The largest absolute Gasteiger partial charge is 0.508 e. The predicted molar refractivity (Wildman–Crippen MR) is 105 cm³/mol. The number of anilines is 1. The molecule has 5 nitrogen and oxygen atoms in total. The molecule has 0 aliphatic carbocycles. The first-order valence-electron chi connectivity index (χ1n) is 8.75. The molecular formula is C20H24ClN3O2. The van der Waals surface area contributed by atoms with Gasteiger partial charge in [0.1, 0.15) is 5.75 Å². The maximum absolute atomic E-state index is 11.9. The molecule has 1 unspecified atom stereocenters. The number of halogens is 1. The molecule has 0 aromatic heterocycles. The van der Waals surface area contributed by atoms with Crippen LogP contribution in [-0.2, 0) is 11.3 Å². The van der Waals surface area contributed by atoms with Crippen molar-refractivity contribution in [1.29, 1.82) is 0 Å². The number of phenols is 1. The van der Waals surface area contributed by atoms with Crippen LogP contribution in [-0.4, -0.2) is 35.5 Å². The van der Waals surface area contributed by atoms with Gasteiger partial charge in [0, 0.05) is 29.7 Å². The van der Waals surface area contributed by atoms with Crippen LogP contribution in [0.3, 0.4) is 0 Å². The minimum atomic E-state index is -0.501. The molecule has 3 rings (SSSR count). The number of nitrogens with two attached hydrogens (primary N) is 1. The minimum absolute atomic E-state index is 0.107. The van der Waals surface area contributed by atoms with E-state index in [2.05, 4.69) is 17.3 Å². The number of nitrogens with zero attached hydrogens (tertiary/aromatic N) is 1. The fourth-order valence-electron chi connectivity index (χ4n) is 3.37. The monoisotopic (exact) mass is 373 g/mol. The number of rotatable bonds is 4. The number of benzene rings is 2. The third-order valence-electron chi connectivity index (χ3n) is 4.87. The van der Waals surface area contributed by atoms with Crippen molar-refractivity contribution in [3.63, 3.8) is 0 Å². The Balaban J connectivity index is 1.87. The molecule has 0 saturated heterocycles. The first-order chi connectivity index (χ1) is 12.4. The van der Waals surface area contributed by atoms with Crippen molar-refractivity contribution in [3.8, 4) is 5.75 Å². The molecule has 0 spiro atoms. The predicted octanol–water partition coefficient (Wildman–Crippen LogP) is 3.30. The molecule has 1 heterocycles. The minimum Gasteiger partial charge on any atom is -0.508 e. The SMILES string of the molecule is CC[C@H](N)C(=O)Nc1ccc(C2CN(C)Cc3c(Cl)cc(O)cc32)cc1. The highest BCUT2D eigenvalue weighted by Gasteiger charge is 2.27. The van der Waals surface area contributed by atoms with Gasteiger partial charge in [0.05, 0.1) is 6.04 Å². The molecule has 6 heteroatoms. The van der Waals surface area contributed by atoms with Gasteiger partial charge in [-0.2, -0.15) is 0 Å². The first kappa shape index (κ1) is 18.7. The third kappa shape index (κ3) is 3.85. The highest BCUT2D eigenvalue weighted by molar-refractivity contribution is 6.31. The molecule has 0 radical (unpaired) electrons. The Bertz CT molecular complexity index is 807. The van der Waals surface area contributed by atoms with Crippen LogP contribution in [0.5, 0.6) is 5.75 Å². The molecule has 138 valence electrons. The lowest BCUT2D eigenvalue weighted by Gasteiger charge is -2.33. The second-order valence-corrected chi connectivity index (χ2v) is 7.28. The molecular weight excluding hydrogens is 350 g/mol. The van der Waals surface area contributed by atoms with Gasteiger partial charge in [0.25, 0.3) is 0 Å². The molecule has 2 atom stereocenters. The van der Waals surface area contributed by atoms with Crippen molar-refractivity contribution in [2.45, 2.75) is 31.8 Å². The molecule has 0 bridgehead atoms. The summed E-state index contributed by atoms with van der Waals surface area (Å²) in [5.41, 5.74) is 9.69. The van der Waals surface area contributed by atoms with E-state index >= 15 is 0 Å². The number of carbonyl (C=O) groups excluding carboxylic acids is 1. The van der Waals surface area contributed by atoms with Gasteiger partial charge in [0.2, 0.25) is 5.91 Å². The summed E-state index contributed by atoms with van der Waals surface area (Å²) >= 11 is 6.35. The van der Waals surface area contributed by atoms with E-state index in [4.69, 9.17) is 17.3 Å². The van der Waals surface area contributed by atoms with E-state index in [9.17, 15) is 9.90 Å². The number of carbonyl (C=O) groups is 1. The molecule has 2 aromatic rings. The van der Waals surface area contributed by atoms with E-state index in [1.54, 1.807) is 12.1 Å². The number of fused-ring (bicyclic) bond motifs is 1. The summed E-state index contributed by atoms with van der Waals surface area (Å²) in [7, 11) is 2.06. The van der Waals surface area contributed by atoms with Crippen LogP contribution >= 0.6 is 11.6 Å². The van der Waals surface area contributed by atoms with Crippen LogP contribution in [0.2, 0.25) is 5.02 Å². The van der Waals surface area contributed by atoms with Crippen LogP contribution in [0.15, 0.2) is 36.4 Å². The lowest BCUT2D eigenvalue weighted by Crippen LogP contribution is -2.34. The van der Waals surface area contributed by atoms with Gasteiger partial charge >= 0.3 is 0 Å². The number of hydrogen-bond donors (Lipinski definition) is 3. The average molecular weight is 374 g/mol. The molecule has 1 aliphatic rings. The second kappa shape index (κ2) is 7.66. The summed E-state index contributed by atoms with van der Waals surface area (Å²) in [5, 5.41) is 13.4. The lowest BCUT2D eigenvalue weighted by molar-refractivity contribution is -0.117. The summed E-state index contributed by atoms with van der Waals surface area (Å²) < 4.78 is 0. The van der Waals surface area contributed by atoms with Gasteiger partial charge in [0.15, 0.2) is 0 Å². The quantitative estimate of drug-likeness (QED) is 0.768. The summed E-state index contributed by atoms with van der Waals surface area (Å²) in [5.74, 6) is 0.108. The van der Waals surface area contributed by atoms with E-state index in [1.165, 1.54) is 0 Å². The molecule has 0 saturated carbocycles. The fourth-order valence-corrected chi connectivity index (χ4v) is 3.65. The van der Waals surface area contributed by atoms with Crippen molar-refractivity contribution in [3.05, 3.63) is 58.1 Å². The molecule has 1 aliphatic heterocycles. The van der Waals surface area contributed by atoms with Crippen LogP contribution in [0, 0.1) is 0 Å². The van der Waals surface area contributed by atoms with Gasteiger partial charge in [-0.1, -0.05) is 30.7 Å². The highest BCUT2D eigenvalue weighted by Crippen LogP contribution is 2.39. The summed E-state index contributed by atoms with van der Waals surface area (Å²) in [6.07, 6.45) is 0.597. The Morgan fingerprint density at radius 2 is 2.08 bits per heavy atom. The number of amides is 1. The summed E-state index contributed by atoms with van der Waals surface area (Å²) in [6, 6.07) is 10.7. The standard InChI is InChI=1S/C20H24ClN3O2/c1-3-19(22)20(26)23-13-6-4-12(5-7-13)16-10-24(2)11-17-15(16)8-14(25)9-18(17)21/h4-9,16,19,25H,3,10-11,22H2,1-2H3,(H,23,26)/t16?,19-/m0/s1. The number of hydrogen-bond acceptors (Lipinski definition) is 4. The number of likely N-dealkylation sites (N-methyl/N-ethyl adjacent to an activating group) is 1. The topological polar surface area (TPSA) is 78.6 Å². The normalized spacial score (nSPS) is 18.2. The van der Waals surface area contributed by atoms with Crippen molar-refractivity contribution in [1.82, 2.24) is 4.90 Å². The lowest BCUT2D eigenvalue weighted by atomic mass is 9.84. The Hall–Kier alpha value is -2.08. The average Bonchev–Trinajstić information content (AvgIpc) is 2.61. The summed E-state index contributed by atoms with van der Waals surface area (Å²) in [6.45, 7) is 3.47. The first-order valence-corrected chi connectivity index (χ1v) is 9.13. The van der Waals surface area contributed by atoms with Crippen LogP contribution in [0.4, 0.5) is 5.69 Å². The van der Waals surface area contributed by atoms with E-state index in [0.717, 1.165) is 35.5 Å². The van der Waals surface area contributed by atoms with Crippen LogP contribution < -0.4 is 11.1 Å². The Labute approximate surface area is 158 Å². The van der Waals surface area contributed by atoms with Crippen LogP contribution in [0.1, 0.15) is 36.0 Å². The van der Waals surface area contributed by atoms with E-state index in [1.807, 2.05) is 31.2 Å². The Morgan fingerprint density at radius 3 is 2.73 bits per heavy atom. The maximum atomic E-state index is 11.9. The van der Waals surface area contributed by atoms with Crippen LogP contribution in [0.25, 0.3) is 0 Å². The Morgan fingerprint density at radius 1 is 1.38 bits per heavy atom. The molecule has 4 N–H and O–H groups in total. The second-order valence-electron chi connectivity index (χ2n) is 6.87. The summed E-state index contributed by atoms with van der Waals surface area (Å²) in [4.78, 5) is 14.1. The molecule has 1 amide bonds. The van der Waals surface area contributed by atoms with Gasteiger partial charge in [-0.25, -0.2) is 0 Å². The van der Waals surface area contributed by atoms with Crippen molar-refractivity contribution in [2.75, 3.05) is 18.9 Å². The van der Waals surface area contributed by atoms with E-state index < -0.39 is 6.04 Å². The zero-order chi connectivity index (χ0) is 18.8. The van der Waals surface area contributed by atoms with Gasteiger partial charge in [-0.05, 0) is 54.4 Å². The maximum Gasteiger partial charge on any atom is 0.241 e. The van der Waals surface area contributed by atoms with E-state index in [0.29, 0.717) is 11.4 Å². The molecule has 2 aromatic carbocycles. The Kier molecular flexibility index (Phi) is 5.51. The van der Waals surface area contributed by atoms with Crippen molar-refractivity contribution < 1.29 is 9.90 Å². The molecule has 26 heavy (non-hydrogen) atoms. The number of aromatic hydroxyl groups is 1. The zero-order valence-corrected chi connectivity index (χ0v) is 15.8. The third-order valence-corrected chi connectivity index (χ3v) is 5.21. The fraction of sp³-hybridized carbons (Fsp3) is 0.350. The van der Waals surface area contributed by atoms with Gasteiger partial charge in [-0.3, -0.25) is 4.79 Å². The van der Waals surface area contributed by atoms with Gasteiger partial charge in [-0.15, -0.1) is 0 Å². The number of phenolic OH excluding ortho intramolecular Hbond substituents is 1. The van der Waals surface area contributed by atoms with Crippen molar-refractivity contribution in [2.24, 2.45) is 5.73 Å². The smallest absolute Gasteiger partial charge is 0.241 e. The van der Waals surface area contributed by atoms with Gasteiger partial charge < -0.3 is 21.1 Å². The van der Waals surface area contributed by atoms with Crippen molar-refractivity contribution >= 4 is 23.2 Å². The molecule has 0 fully saturated rings. The zero-order valence-electron chi connectivity index (χ0n) is 15.0. The number of nitrogens with one attached hydrogen (secondary N) is 1.